The Morgan fingerprint density at radius 2 is 1.88 bits per heavy atom. The van der Waals surface area contributed by atoms with Gasteiger partial charge in [0.1, 0.15) is 0 Å². The van der Waals surface area contributed by atoms with E-state index in [-0.39, 0.29) is 5.69 Å². The fourth-order valence-corrected chi connectivity index (χ4v) is 0.670. The quantitative estimate of drug-likeness (QED) is 0.440. The lowest BCUT2D eigenvalue weighted by molar-refractivity contribution is -0.387. The number of halogens is 1. The van der Waals surface area contributed by atoms with Gasteiger partial charge in [-0.25, -0.2) is 0 Å². The van der Waals surface area contributed by atoms with Gasteiger partial charge in [-0.2, -0.15) is 4.39 Å². The van der Waals surface area contributed by atoms with Crippen molar-refractivity contribution in [2.75, 3.05) is 12.3 Å². The number of nitro groups is 1. The zero-order valence-electron chi connectivity index (χ0n) is 9.74. The summed E-state index contributed by atoms with van der Waals surface area (Å²) in [6, 6.07) is 3.21. The van der Waals surface area contributed by atoms with Crippen molar-refractivity contribution in [3.05, 3.63) is 34.1 Å². The van der Waals surface area contributed by atoms with E-state index in [2.05, 4.69) is 0 Å². The Hall–Kier alpha value is -1.69. The molecular weight excluding hydrogens is 213 g/mol. The molecule has 5 nitrogen and oxygen atoms in total. The number of nitrogen functional groups attached to an aromatic ring is 1. The number of benzene rings is 1. The van der Waals surface area contributed by atoms with Crippen LogP contribution in [0.15, 0.2) is 18.2 Å². The molecule has 0 atom stereocenters. The topological polar surface area (TPSA) is 95.2 Å². The molecule has 1 aromatic carbocycles. The normalized spacial score (nSPS) is 8.06. The average Bonchev–Trinajstić information content (AvgIpc) is 2.25. The van der Waals surface area contributed by atoms with Crippen molar-refractivity contribution in [1.29, 1.82) is 0 Å². The van der Waals surface area contributed by atoms with Gasteiger partial charge in [0.25, 0.3) is 0 Å². The highest BCUT2D eigenvalue weighted by atomic mass is 19.1. The molecular formula is C10H18FN3O2. The predicted molar refractivity (Wildman–Crippen MR) is 63.5 cm³/mol. The molecule has 0 radical (unpaired) electrons. The van der Waals surface area contributed by atoms with Gasteiger partial charge in [0.15, 0.2) is 0 Å². The summed E-state index contributed by atoms with van der Waals surface area (Å²) >= 11 is 0. The molecule has 1 aromatic rings. The van der Waals surface area contributed by atoms with E-state index in [4.69, 9.17) is 11.5 Å². The predicted octanol–water partition coefficient (Wildman–Crippen LogP) is 2.31. The first-order chi connectivity index (χ1) is 7.52. The maximum Gasteiger partial charge on any atom is 0.306 e. The smallest absolute Gasteiger partial charge is 0.306 e. The van der Waals surface area contributed by atoms with E-state index in [0.717, 1.165) is 18.7 Å². The molecule has 1 rings (SSSR count). The minimum atomic E-state index is -0.871. The molecule has 0 aromatic heterocycles. The molecule has 92 valence electrons. The zero-order chi connectivity index (χ0) is 13.1. The Bertz CT molecular complexity index is 319. The Morgan fingerprint density at radius 1 is 1.44 bits per heavy atom. The summed E-state index contributed by atoms with van der Waals surface area (Å²) in [4.78, 5) is 9.27. The van der Waals surface area contributed by atoms with Gasteiger partial charge in [-0.1, -0.05) is 20.8 Å². The number of hydrogen-bond donors (Lipinski definition) is 2. The monoisotopic (exact) mass is 231 g/mol. The first-order valence-corrected chi connectivity index (χ1v) is 4.92. The van der Waals surface area contributed by atoms with Crippen LogP contribution >= 0.6 is 0 Å². The first kappa shape index (κ1) is 16.7. The number of nitro benzene ring substituents is 1. The highest BCUT2D eigenvalue weighted by molar-refractivity contribution is 5.47. The SMILES string of the molecule is CC.CCN.Nc1ccc(F)c([N+](=O)[O-])c1. The average molecular weight is 231 g/mol. The number of nitrogens with zero attached hydrogens (tertiary/aromatic N) is 1. The van der Waals surface area contributed by atoms with Gasteiger partial charge < -0.3 is 11.5 Å². The van der Waals surface area contributed by atoms with E-state index in [0.29, 0.717) is 0 Å². The second-order valence-corrected chi connectivity index (χ2v) is 2.38. The number of hydrogen-bond acceptors (Lipinski definition) is 4. The molecule has 16 heavy (non-hydrogen) atoms. The van der Waals surface area contributed by atoms with Crippen molar-refractivity contribution in [1.82, 2.24) is 0 Å². The minimum Gasteiger partial charge on any atom is -0.399 e. The summed E-state index contributed by atoms with van der Waals surface area (Å²) in [5, 5.41) is 10.1. The van der Waals surface area contributed by atoms with E-state index in [9.17, 15) is 14.5 Å². The van der Waals surface area contributed by atoms with Crippen LogP contribution in [0, 0.1) is 15.9 Å². The maximum absolute atomic E-state index is 12.5. The van der Waals surface area contributed by atoms with E-state index < -0.39 is 16.4 Å². The van der Waals surface area contributed by atoms with Gasteiger partial charge in [0, 0.05) is 11.8 Å². The number of anilines is 1. The van der Waals surface area contributed by atoms with Crippen LogP contribution in [0.1, 0.15) is 20.8 Å². The van der Waals surface area contributed by atoms with Crippen molar-refractivity contribution in [3.63, 3.8) is 0 Å². The summed E-state index contributed by atoms with van der Waals surface area (Å²) in [6.45, 7) is 6.65. The van der Waals surface area contributed by atoms with Crippen molar-refractivity contribution < 1.29 is 9.31 Å². The Morgan fingerprint density at radius 3 is 2.19 bits per heavy atom. The summed E-state index contributed by atoms with van der Waals surface area (Å²) in [7, 11) is 0. The highest BCUT2D eigenvalue weighted by Crippen LogP contribution is 2.18. The molecule has 6 heteroatoms. The summed E-state index contributed by atoms with van der Waals surface area (Å²) in [5.74, 6) is -0.871. The van der Waals surface area contributed by atoms with Crippen LogP contribution in [-0.4, -0.2) is 11.5 Å². The summed E-state index contributed by atoms with van der Waals surface area (Å²) in [5.41, 5.74) is 9.63. The van der Waals surface area contributed by atoms with Crippen LogP contribution in [0.2, 0.25) is 0 Å². The Kier molecular flexibility index (Phi) is 10.3. The fraction of sp³-hybridized carbons (Fsp3) is 0.400. The Labute approximate surface area is 94.4 Å². The first-order valence-electron chi connectivity index (χ1n) is 4.92. The molecule has 0 fully saturated rings. The second kappa shape index (κ2) is 9.85. The molecule has 0 saturated carbocycles. The molecule has 0 spiro atoms. The lowest BCUT2D eigenvalue weighted by Crippen LogP contribution is -1.94. The van der Waals surface area contributed by atoms with Crippen LogP contribution < -0.4 is 11.5 Å². The van der Waals surface area contributed by atoms with Gasteiger partial charge in [-0.05, 0) is 18.7 Å². The number of nitrogens with two attached hydrogens (primary N) is 2. The van der Waals surface area contributed by atoms with Gasteiger partial charge in [0.2, 0.25) is 5.82 Å². The van der Waals surface area contributed by atoms with Crippen LogP contribution in [-0.2, 0) is 0 Å². The van der Waals surface area contributed by atoms with Gasteiger partial charge >= 0.3 is 5.69 Å². The van der Waals surface area contributed by atoms with Crippen LogP contribution in [0.4, 0.5) is 15.8 Å². The summed E-state index contributed by atoms with van der Waals surface area (Å²) < 4.78 is 12.5. The third-order valence-corrected chi connectivity index (χ3v) is 1.17. The van der Waals surface area contributed by atoms with Crippen molar-refractivity contribution in [2.24, 2.45) is 5.73 Å². The highest BCUT2D eigenvalue weighted by Gasteiger charge is 2.12. The molecule has 0 saturated heterocycles. The van der Waals surface area contributed by atoms with E-state index in [1.165, 1.54) is 6.07 Å². The third-order valence-electron chi connectivity index (χ3n) is 1.17. The molecule has 0 aliphatic rings. The number of rotatable bonds is 1. The van der Waals surface area contributed by atoms with E-state index >= 15 is 0 Å². The van der Waals surface area contributed by atoms with Crippen LogP contribution in [0.3, 0.4) is 0 Å². The van der Waals surface area contributed by atoms with Crippen molar-refractivity contribution in [3.8, 4) is 0 Å². The van der Waals surface area contributed by atoms with Crippen molar-refractivity contribution in [2.45, 2.75) is 20.8 Å². The molecule has 0 aliphatic heterocycles. The largest absolute Gasteiger partial charge is 0.399 e. The third kappa shape index (κ3) is 6.72. The lowest BCUT2D eigenvalue weighted by Gasteiger charge is -1.93. The molecule has 4 N–H and O–H groups in total. The fourth-order valence-electron chi connectivity index (χ4n) is 0.670. The molecule has 0 aliphatic carbocycles. The summed E-state index contributed by atoms with van der Waals surface area (Å²) in [6.07, 6.45) is 0. The molecule has 0 heterocycles. The van der Waals surface area contributed by atoms with Crippen LogP contribution in [0.25, 0.3) is 0 Å². The van der Waals surface area contributed by atoms with E-state index in [1.807, 2.05) is 20.8 Å². The van der Waals surface area contributed by atoms with Gasteiger partial charge in [-0.15, -0.1) is 0 Å². The maximum atomic E-state index is 12.5. The van der Waals surface area contributed by atoms with Gasteiger partial charge in [0.05, 0.1) is 4.92 Å². The van der Waals surface area contributed by atoms with E-state index in [1.54, 1.807) is 0 Å². The second-order valence-electron chi connectivity index (χ2n) is 2.38. The molecule has 0 unspecified atom stereocenters. The minimum absolute atomic E-state index is 0.179. The van der Waals surface area contributed by atoms with Gasteiger partial charge in [-0.3, -0.25) is 10.1 Å². The lowest BCUT2D eigenvalue weighted by atomic mass is 10.3. The standard InChI is InChI=1S/C6H5FN2O2.C2H7N.C2H6/c7-5-2-1-4(8)3-6(5)9(10)11;1-2-3;1-2/h1-3H,8H2;2-3H2,1H3;1-2H3. The molecule has 0 amide bonds. The zero-order valence-corrected chi connectivity index (χ0v) is 9.74. The Balaban J connectivity index is 0. The molecule has 0 bridgehead atoms. The van der Waals surface area contributed by atoms with Crippen LogP contribution in [0.5, 0.6) is 0 Å². The van der Waals surface area contributed by atoms with Crippen molar-refractivity contribution >= 4 is 11.4 Å².